The molecule has 1 fully saturated rings. The first-order chi connectivity index (χ1) is 18.4. The number of methoxy groups -OCH3 is 1. The van der Waals surface area contributed by atoms with Crippen LogP contribution in [0.1, 0.15) is 31.4 Å². The standard InChI is InChI=1S/C29H32FN5O3/c1-3-28(36)32-15-13-24-16-21(18-27(34-24)33-23-8-6-22(30)7-9-23)20-12-14-31-26(17-20)35-29(37)19-4-10-25(38-2)11-5-19/h3,6-9,12,14,16-19,25H,1,4-5,10-11,13,15H2,2H3,(H,32,36)(H,33,34)(H,31,35,37). The van der Waals surface area contributed by atoms with Crippen molar-refractivity contribution in [2.75, 3.05) is 24.3 Å². The number of nitrogens with one attached hydrogen (secondary N) is 3. The molecule has 38 heavy (non-hydrogen) atoms. The highest BCUT2D eigenvalue weighted by molar-refractivity contribution is 5.92. The Labute approximate surface area is 221 Å². The molecule has 0 spiro atoms. The SMILES string of the molecule is C=CC(=O)NCCc1cc(-c2ccnc(NC(=O)C3CCC(OC)CC3)c2)cc(Nc2ccc(F)cc2)n1. The first kappa shape index (κ1) is 26.9. The zero-order valence-corrected chi connectivity index (χ0v) is 21.4. The molecule has 1 aliphatic rings. The van der Waals surface area contributed by atoms with Crippen LogP contribution < -0.4 is 16.0 Å². The smallest absolute Gasteiger partial charge is 0.243 e. The number of benzene rings is 1. The Morgan fingerprint density at radius 2 is 1.79 bits per heavy atom. The van der Waals surface area contributed by atoms with Crippen molar-refractivity contribution in [3.8, 4) is 11.1 Å². The van der Waals surface area contributed by atoms with E-state index >= 15 is 0 Å². The first-order valence-corrected chi connectivity index (χ1v) is 12.7. The minimum atomic E-state index is -0.325. The van der Waals surface area contributed by atoms with Crippen LogP contribution in [0.4, 0.5) is 21.7 Å². The lowest BCUT2D eigenvalue weighted by Gasteiger charge is -2.26. The number of rotatable bonds is 10. The Kier molecular flexibility index (Phi) is 9.16. The monoisotopic (exact) mass is 517 g/mol. The molecule has 0 atom stereocenters. The van der Waals surface area contributed by atoms with Crippen molar-refractivity contribution < 1.29 is 18.7 Å². The molecule has 2 amide bonds. The third-order valence-electron chi connectivity index (χ3n) is 6.58. The maximum atomic E-state index is 13.4. The predicted molar refractivity (Wildman–Crippen MR) is 145 cm³/mol. The first-order valence-electron chi connectivity index (χ1n) is 12.7. The van der Waals surface area contributed by atoms with E-state index in [1.807, 2.05) is 24.3 Å². The summed E-state index contributed by atoms with van der Waals surface area (Å²) in [5.41, 5.74) is 3.13. The van der Waals surface area contributed by atoms with E-state index in [4.69, 9.17) is 4.74 Å². The molecule has 8 nitrogen and oxygen atoms in total. The molecule has 1 saturated carbocycles. The number of anilines is 3. The zero-order valence-electron chi connectivity index (χ0n) is 21.4. The van der Waals surface area contributed by atoms with Gasteiger partial charge in [0.1, 0.15) is 17.5 Å². The average Bonchev–Trinajstić information content (AvgIpc) is 2.94. The van der Waals surface area contributed by atoms with E-state index in [-0.39, 0.29) is 29.7 Å². The van der Waals surface area contributed by atoms with Gasteiger partial charge in [-0.1, -0.05) is 6.58 Å². The normalized spacial score (nSPS) is 16.9. The van der Waals surface area contributed by atoms with E-state index in [1.165, 1.54) is 18.2 Å². The van der Waals surface area contributed by atoms with Gasteiger partial charge in [0.05, 0.1) is 6.10 Å². The molecule has 0 bridgehead atoms. The number of halogens is 1. The molecule has 0 aliphatic heterocycles. The van der Waals surface area contributed by atoms with E-state index in [9.17, 15) is 14.0 Å². The largest absolute Gasteiger partial charge is 0.381 e. The summed E-state index contributed by atoms with van der Waals surface area (Å²) >= 11 is 0. The molecule has 198 valence electrons. The van der Waals surface area contributed by atoms with Gasteiger partial charge in [-0.05, 0) is 91.4 Å². The summed E-state index contributed by atoms with van der Waals surface area (Å²) in [6.07, 6.45) is 6.93. The minimum absolute atomic E-state index is 0.0313. The number of nitrogens with zero attached hydrogens (tertiary/aromatic N) is 2. The number of hydrogen-bond donors (Lipinski definition) is 3. The fourth-order valence-electron chi connectivity index (χ4n) is 4.48. The summed E-state index contributed by atoms with van der Waals surface area (Å²) in [5.74, 6) is 0.375. The topological polar surface area (TPSA) is 105 Å². The van der Waals surface area contributed by atoms with Gasteiger partial charge in [-0.3, -0.25) is 9.59 Å². The summed E-state index contributed by atoms with van der Waals surface area (Å²) in [7, 11) is 1.71. The van der Waals surface area contributed by atoms with E-state index in [0.29, 0.717) is 30.3 Å². The Morgan fingerprint density at radius 1 is 1.05 bits per heavy atom. The number of pyridine rings is 2. The molecule has 2 aromatic heterocycles. The molecule has 1 aliphatic carbocycles. The fraction of sp³-hybridized carbons (Fsp3) is 0.310. The van der Waals surface area contributed by atoms with E-state index in [0.717, 1.165) is 42.5 Å². The van der Waals surface area contributed by atoms with Crippen LogP contribution in [-0.2, 0) is 20.7 Å². The summed E-state index contributed by atoms with van der Waals surface area (Å²) in [6, 6.07) is 13.5. The molecule has 3 N–H and O–H groups in total. The fourth-order valence-corrected chi connectivity index (χ4v) is 4.48. The number of hydrogen-bond acceptors (Lipinski definition) is 6. The molecule has 0 unspecified atom stereocenters. The molecule has 1 aromatic carbocycles. The third-order valence-corrected chi connectivity index (χ3v) is 6.58. The lowest BCUT2D eigenvalue weighted by Crippen LogP contribution is -2.29. The van der Waals surface area contributed by atoms with Crippen LogP contribution in [0.25, 0.3) is 11.1 Å². The van der Waals surface area contributed by atoms with Gasteiger partial charge >= 0.3 is 0 Å². The second-order valence-electron chi connectivity index (χ2n) is 9.24. The Hall–Kier alpha value is -4.11. The van der Waals surface area contributed by atoms with Gasteiger partial charge in [-0.2, -0.15) is 0 Å². The third kappa shape index (κ3) is 7.45. The van der Waals surface area contributed by atoms with Gasteiger partial charge in [-0.25, -0.2) is 14.4 Å². The molecule has 0 saturated heterocycles. The summed E-state index contributed by atoms with van der Waals surface area (Å²) in [6.45, 7) is 3.86. The molecule has 9 heteroatoms. The quantitative estimate of drug-likeness (QED) is 0.327. The highest BCUT2D eigenvalue weighted by Crippen LogP contribution is 2.29. The van der Waals surface area contributed by atoms with Crippen LogP contribution in [0.15, 0.2) is 67.4 Å². The zero-order chi connectivity index (χ0) is 26.9. The van der Waals surface area contributed by atoms with Gasteiger partial charge in [-0.15, -0.1) is 0 Å². The molecular formula is C29H32FN5O3. The Morgan fingerprint density at radius 3 is 2.50 bits per heavy atom. The molecule has 4 rings (SSSR count). The predicted octanol–water partition coefficient (Wildman–Crippen LogP) is 5.01. The maximum Gasteiger partial charge on any atom is 0.243 e. The van der Waals surface area contributed by atoms with Crippen molar-refractivity contribution >= 4 is 29.1 Å². The highest BCUT2D eigenvalue weighted by atomic mass is 19.1. The van der Waals surface area contributed by atoms with Gasteiger partial charge in [0.2, 0.25) is 11.8 Å². The number of aromatic nitrogens is 2. The number of amides is 2. The van der Waals surface area contributed by atoms with Crippen molar-refractivity contribution in [3.63, 3.8) is 0 Å². The highest BCUT2D eigenvalue weighted by Gasteiger charge is 2.26. The number of carbonyl (C=O) groups excluding carboxylic acids is 2. The summed E-state index contributed by atoms with van der Waals surface area (Å²) < 4.78 is 18.8. The van der Waals surface area contributed by atoms with Crippen molar-refractivity contribution in [1.82, 2.24) is 15.3 Å². The van der Waals surface area contributed by atoms with Crippen molar-refractivity contribution in [3.05, 3.63) is 78.9 Å². The van der Waals surface area contributed by atoms with Crippen LogP contribution in [0, 0.1) is 11.7 Å². The molecular weight excluding hydrogens is 485 g/mol. The summed E-state index contributed by atoms with van der Waals surface area (Å²) in [4.78, 5) is 33.4. The van der Waals surface area contributed by atoms with E-state index in [2.05, 4.69) is 32.5 Å². The van der Waals surface area contributed by atoms with Crippen LogP contribution in [-0.4, -0.2) is 41.5 Å². The molecule has 0 radical (unpaired) electrons. The van der Waals surface area contributed by atoms with Gasteiger partial charge < -0.3 is 20.7 Å². The van der Waals surface area contributed by atoms with Crippen LogP contribution in [0.3, 0.4) is 0 Å². The lowest BCUT2D eigenvalue weighted by atomic mass is 9.87. The van der Waals surface area contributed by atoms with Crippen LogP contribution >= 0.6 is 0 Å². The van der Waals surface area contributed by atoms with Crippen LogP contribution in [0.5, 0.6) is 0 Å². The second kappa shape index (κ2) is 12.9. The van der Waals surface area contributed by atoms with Crippen molar-refractivity contribution in [1.29, 1.82) is 0 Å². The average molecular weight is 518 g/mol. The second-order valence-corrected chi connectivity index (χ2v) is 9.24. The van der Waals surface area contributed by atoms with Gasteiger partial charge in [0, 0.05) is 43.6 Å². The minimum Gasteiger partial charge on any atom is -0.381 e. The Balaban J connectivity index is 1.54. The summed E-state index contributed by atoms with van der Waals surface area (Å²) in [5, 5.41) is 8.94. The maximum absolute atomic E-state index is 13.4. The van der Waals surface area contributed by atoms with Gasteiger partial charge in [0.25, 0.3) is 0 Å². The molecule has 2 heterocycles. The van der Waals surface area contributed by atoms with Crippen LogP contribution in [0.2, 0.25) is 0 Å². The van der Waals surface area contributed by atoms with E-state index in [1.54, 1.807) is 25.4 Å². The number of ether oxygens (including phenoxy) is 1. The van der Waals surface area contributed by atoms with Crippen molar-refractivity contribution in [2.24, 2.45) is 5.92 Å². The number of carbonyl (C=O) groups is 2. The molecule has 3 aromatic rings. The van der Waals surface area contributed by atoms with Gasteiger partial charge in [0.15, 0.2) is 0 Å². The van der Waals surface area contributed by atoms with E-state index < -0.39 is 0 Å². The Bertz CT molecular complexity index is 1270. The van der Waals surface area contributed by atoms with Crippen molar-refractivity contribution in [2.45, 2.75) is 38.2 Å². The lowest BCUT2D eigenvalue weighted by molar-refractivity contribution is -0.121.